The van der Waals surface area contributed by atoms with Crippen molar-refractivity contribution in [3.8, 4) is 0 Å². The first-order chi connectivity index (χ1) is 17.6. The quantitative estimate of drug-likeness (QED) is 0.652. The molecule has 196 valence electrons. The fraction of sp³-hybridized carbons (Fsp3) is 0.667. The SMILES string of the molecule is O=C(Nc1ccc(N2CCN(C(=O)NC3CCCCC3)CC2)c(C(=O)N2CCOCC2)c1)C1CCC1. The van der Waals surface area contributed by atoms with E-state index in [1.54, 1.807) is 0 Å². The van der Waals surface area contributed by atoms with Crippen molar-refractivity contribution in [1.29, 1.82) is 0 Å². The van der Waals surface area contributed by atoms with E-state index >= 15 is 0 Å². The van der Waals surface area contributed by atoms with Gasteiger partial charge in [0, 0.05) is 62.6 Å². The lowest BCUT2D eigenvalue weighted by Crippen LogP contribution is -2.54. The van der Waals surface area contributed by atoms with Gasteiger partial charge in [-0.3, -0.25) is 9.59 Å². The lowest BCUT2D eigenvalue weighted by Gasteiger charge is -2.38. The maximum absolute atomic E-state index is 13.6. The van der Waals surface area contributed by atoms with Crippen LogP contribution in [0.4, 0.5) is 16.2 Å². The summed E-state index contributed by atoms with van der Waals surface area (Å²) in [6, 6.07) is 5.99. The number of carbonyl (C=O) groups is 3. The lowest BCUT2D eigenvalue weighted by atomic mass is 9.85. The van der Waals surface area contributed by atoms with Crippen LogP contribution in [0, 0.1) is 5.92 Å². The van der Waals surface area contributed by atoms with Gasteiger partial charge in [0.25, 0.3) is 5.91 Å². The molecule has 2 saturated heterocycles. The number of ether oxygens (including phenoxy) is 1. The molecule has 36 heavy (non-hydrogen) atoms. The molecular weight excluding hydrogens is 458 g/mol. The largest absolute Gasteiger partial charge is 0.378 e. The predicted molar refractivity (Wildman–Crippen MR) is 138 cm³/mol. The fourth-order valence-electron chi connectivity index (χ4n) is 5.58. The van der Waals surface area contributed by atoms with Crippen LogP contribution in [-0.2, 0) is 9.53 Å². The highest BCUT2D eigenvalue weighted by molar-refractivity contribution is 6.02. The summed E-state index contributed by atoms with van der Waals surface area (Å²) in [5.74, 6) is 0.0813. The highest BCUT2D eigenvalue weighted by atomic mass is 16.5. The molecule has 0 atom stereocenters. The summed E-state index contributed by atoms with van der Waals surface area (Å²) >= 11 is 0. The number of carbonyl (C=O) groups excluding carboxylic acids is 3. The third kappa shape index (κ3) is 5.77. The fourth-order valence-corrected chi connectivity index (χ4v) is 5.58. The van der Waals surface area contributed by atoms with Crippen LogP contribution in [0.2, 0.25) is 0 Å². The van der Waals surface area contributed by atoms with Crippen molar-refractivity contribution in [3.05, 3.63) is 23.8 Å². The Hall–Kier alpha value is -2.81. The van der Waals surface area contributed by atoms with Crippen molar-refractivity contribution in [2.45, 2.75) is 57.4 Å². The van der Waals surface area contributed by atoms with Gasteiger partial charge in [-0.1, -0.05) is 25.7 Å². The van der Waals surface area contributed by atoms with Gasteiger partial charge < -0.3 is 30.1 Å². The molecule has 9 nitrogen and oxygen atoms in total. The van der Waals surface area contributed by atoms with Crippen molar-refractivity contribution in [1.82, 2.24) is 15.1 Å². The highest BCUT2D eigenvalue weighted by Crippen LogP contribution is 2.30. The molecule has 2 heterocycles. The summed E-state index contributed by atoms with van der Waals surface area (Å²) in [6.07, 6.45) is 8.75. The molecule has 2 aliphatic carbocycles. The summed E-state index contributed by atoms with van der Waals surface area (Å²) in [5, 5.41) is 6.23. The molecule has 1 aromatic rings. The van der Waals surface area contributed by atoms with Crippen LogP contribution in [0.15, 0.2) is 18.2 Å². The van der Waals surface area contributed by atoms with Crippen molar-refractivity contribution in [3.63, 3.8) is 0 Å². The van der Waals surface area contributed by atoms with Crippen LogP contribution in [0.3, 0.4) is 0 Å². The third-order valence-corrected chi connectivity index (χ3v) is 8.11. The molecule has 0 spiro atoms. The Morgan fingerprint density at radius 1 is 0.806 bits per heavy atom. The van der Waals surface area contributed by atoms with Gasteiger partial charge in [0.1, 0.15) is 0 Å². The number of piperazine rings is 1. The first-order valence-electron chi connectivity index (χ1n) is 13.7. The molecule has 2 aliphatic heterocycles. The predicted octanol–water partition coefficient (Wildman–Crippen LogP) is 3.06. The van der Waals surface area contributed by atoms with Gasteiger partial charge >= 0.3 is 6.03 Å². The maximum Gasteiger partial charge on any atom is 0.317 e. The van der Waals surface area contributed by atoms with E-state index in [9.17, 15) is 14.4 Å². The average Bonchev–Trinajstić information content (AvgIpc) is 2.88. The van der Waals surface area contributed by atoms with Crippen molar-refractivity contribution >= 4 is 29.2 Å². The number of anilines is 2. The number of hydrogen-bond acceptors (Lipinski definition) is 5. The molecule has 2 saturated carbocycles. The van der Waals surface area contributed by atoms with Gasteiger partial charge in [-0.15, -0.1) is 0 Å². The summed E-state index contributed by atoms with van der Waals surface area (Å²) in [7, 11) is 0. The van der Waals surface area contributed by atoms with Crippen LogP contribution in [0.5, 0.6) is 0 Å². The molecule has 9 heteroatoms. The van der Waals surface area contributed by atoms with Crippen molar-refractivity contribution < 1.29 is 19.1 Å². The average molecular weight is 498 g/mol. The summed E-state index contributed by atoms with van der Waals surface area (Å²) in [4.78, 5) is 44.8. The van der Waals surface area contributed by atoms with E-state index in [0.29, 0.717) is 69.8 Å². The number of urea groups is 1. The number of hydrogen-bond donors (Lipinski definition) is 2. The molecule has 4 aliphatic rings. The van der Waals surface area contributed by atoms with Gasteiger partial charge in [-0.2, -0.15) is 0 Å². The molecular formula is C27H39N5O4. The van der Waals surface area contributed by atoms with Gasteiger partial charge in [-0.05, 0) is 43.9 Å². The smallest absolute Gasteiger partial charge is 0.317 e. The molecule has 0 radical (unpaired) electrons. The molecule has 0 aromatic heterocycles. The maximum atomic E-state index is 13.6. The van der Waals surface area contributed by atoms with E-state index < -0.39 is 0 Å². The number of amides is 4. The van der Waals surface area contributed by atoms with Crippen LogP contribution in [-0.4, -0.2) is 86.2 Å². The van der Waals surface area contributed by atoms with Crippen molar-refractivity contribution in [2.75, 3.05) is 62.7 Å². The number of rotatable bonds is 5. The van der Waals surface area contributed by atoms with Crippen LogP contribution < -0.4 is 15.5 Å². The topological polar surface area (TPSA) is 94.2 Å². The normalized spacial score (nSPS) is 21.6. The second-order valence-corrected chi connectivity index (χ2v) is 10.5. The van der Waals surface area contributed by atoms with E-state index in [0.717, 1.165) is 37.8 Å². The molecule has 0 bridgehead atoms. The van der Waals surface area contributed by atoms with Crippen LogP contribution in [0.1, 0.15) is 61.7 Å². The highest BCUT2D eigenvalue weighted by Gasteiger charge is 2.29. The second kappa shape index (κ2) is 11.5. The standard InChI is InChI=1S/C27H39N5O4/c33-25(20-5-4-6-20)28-22-9-10-24(23(19-22)26(34)31-15-17-36-18-16-31)30-11-13-32(14-12-30)27(35)29-21-7-2-1-3-8-21/h9-10,19-21H,1-8,11-18H2,(H,28,33)(H,29,35). The van der Waals surface area contributed by atoms with Gasteiger partial charge in [0.15, 0.2) is 0 Å². The Bertz CT molecular complexity index is 945. The zero-order valence-corrected chi connectivity index (χ0v) is 21.2. The second-order valence-electron chi connectivity index (χ2n) is 10.5. The minimum absolute atomic E-state index is 0.0280. The van der Waals surface area contributed by atoms with E-state index in [2.05, 4.69) is 15.5 Å². The third-order valence-electron chi connectivity index (χ3n) is 8.11. The van der Waals surface area contributed by atoms with E-state index in [1.165, 1.54) is 19.3 Å². The summed E-state index contributed by atoms with van der Waals surface area (Å²) in [6.45, 7) is 4.75. The zero-order valence-electron chi connectivity index (χ0n) is 21.2. The summed E-state index contributed by atoms with van der Waals surface area (Å²) < 4.78 is 5.44. The summed E-state index contributed by atoms with van der Waals surface area (Å²) in [5.41, 5.74) is 2.13. The Morgan fingerprint density at radius 3 is 2.19 bits per heavy atom. The van der Waals surface area contributed by atoms with Gasteiger partial charge in [0.2, 0.25) is 5.91 Å². The minimum Gasteiger partial charge on any atom is -0.378 e. The number of benzene rings is 1. The Kier molecular flexibility index (Phi) is 7.94. The lowest BCUT2D eigenvalue weighted by molar-refractivity contribution is -0.122. The van der Waals surface area contributed by atoms with Crippen LogP contribution >= 0.6 is 0 Å². The molecule has 1 aromatic carbocycles. The zero-order chi connectivity index (χ0) is 24.9. The molecule has 5 rings (SSSR count). The first-order valence-corrected chi connectivity index (χ1v) is 13.7. The molecule has 0 unspecified atom stereocenters. The monoisotopic (exact) mass is 497 g/mol. The Balaban J connectivity index is 1.27. The number of morpholine rings is 1. The minimum atomic E-state index is -0.0366. The molecule has 4 amide bonds. The van der Waals surface area contributed by atoms with Crippen LogP contribution in [0.25, 0.3) is 0 Å². The van der Waals surface area contributed by atoms with Gasteiger partial charge in [-0.25, -0.2) is 4.79 Å². The number of nitrogens with one attached hydrogen (secondary N) is 2. The Labute approximate surface area is 213 Å². The van der Waals surface area contributed by atoms with Crippen molar-refractivity contribution in [2.24, 2.45) is 5.92 Å². The van der Waals surface area contributed by atoms with E-state index in [4.69, 9.17) is 4.74 Å². The Morgan fingerprint density at radius 2 is 1.53 bits per heavy atom. The van der Waals surface area contributed by atoms with E-state index in [-0.39, 0.29) is 23.8 Å². The van der Waals surface area contributed by atoms with E-state index in [1.807, 2.05) is 28.0 Å². The first kappa shape index (κ1) is 24.9. The van der Waals surface area contributed by atoms with Gasteiger partial charge in [0.05, 0.1) is 18.8 Å². The molecule has 2 N–H and O–H groups in total. The number of nitrogens with zero attached hydrogens (tertiary/aromatic N) is 3. The molecule has 4 fully saturated rings.